The monoisotopic (exact) mass is 276 g/mol. The summed E-state index contributed by atoms with van der Waals surface area (Å²) in [6.45, 7) is 2.58. The smallest absolute Gasteiger partial charge is 0.256 e. The van der Waals surface area contributed by atoms with Gasteiger partial charge in [-0.3, -0.25) is 4.79 Å². The van der Waals surface area contributed by atoms with Crippen LogP contribution in [0.15, 0.2) is 22.7 Å². The molecule has 0 unspecified atom stereocenters. The topological polar surface area (TPSA) is 26.3 Å². The van der Waals surface area contributed by atoms with Gasteiger partial charge in [0, 0.05) is 4.47 Å². The Kier molecular flexibility index (Phi) is 4.42. The molecule has 0 aliphatic carbocycles. The predicted octanol–water partition coefficient (Wildman–Crippen LogP) is 3.62. The molecule has 2 nitrogen and oxygen atoms in total. The minimum absolute atomic E-state index is 0.398. The van der Waals surface area contributed by atoms with Crippen LogP contribution in [0.2, 0.25) is 0 Å². The number of carbonyl (C=O) groups is 1. The first kappa shape index (κ1) is 11.5. The lowest BCUT2D eigenvalue weighted by Gasteiger charge is -2.07. The van der Waals surface area contributed by atoms with E-state index in [1.54, 1.807) is 12.1 Å². The Morgan fingerprint density at radius 1 is 1.57 bits per heavy atom. The first-order valence-electron chi connectivity index (χ1n) is 4.27. The van der Waals surface area contributed by atoms with Crippen molar-refractivity contribution in [2.45, 2.75) is 13.3 Å². The summed E-state index contributed by atoms with van der Waals surface area (Å²) in [6.07, 6.45) is 0.895. The van der Waals surface area contributed by atoms with E-state index in [9.17, 15) is 4.79 Å². The van der Waals surface area contributed by atoms with Crippen LogP contribution in [-0.2, 0) is 0 Å². The second-order valence-corrected chi connectivity index (χ2v) is 4.02. The standard InChI is InChI=1S/C10H10BrClO2/c1-2-5-14-9-4-3-7(11)6-8(9)10(12)13/h3-4,6H,2,5H2,1H3. The van der Waals surface area contributed by atoms with Gasteiger partial charge in [-0.25, -0.2) is 0 Å². The van der Waals surface area contributed by atoms with Crippen LogP contribution in [0.3, 0.4) is 0 Å². The Morgan fingerprint density at radius 3 is 2.86 bits per heavy atom. The van der Waals surface area contributed by atoms with Crippen molar-refractivity contribution in [3.05, 3.63) is 28.2 Å². The van der Waals surface area contributed by atoms with Gasteiger partial charge in [0.05, 0.1) is 12.2 Å². The van der Waals surface area contributed by atoms with E-state index < -0.39 is 5.24 Å². The van der Waals surface area contributed by atoms with Gasteiger partial charge < -0.3 is 4.74 Å². The number of halogens is 2. The zero-order chi connectivity index (χ0) is 10.6. The summed E-state index contributed by atoms with van der Waals surface area (Å²) in [4.78, 5) is 11.0. The third-order valence-corrected chi connectivity index (χ3v) is 2.31. The molecular formula is C10H10BrClO2. The second-order valence-electron chi connectivity index (χ2n) is 2.76. The largest absolute Gasteiger partial charge is 0.493 e. The third kappa shape index (κ3) is 3.00. The quantitative estimate of drug-likeness (QED) is 0.786. The van der Waals surface area contributed by atoms with Crippen molar-refractivity contribution in [1.29, 1.82) is 0 Å². The minimum Gasteiger partial charge on any atom is -0.493 e. The van der Waals surface area contributed by atoms with Gasteiger partial charge in [-0.1, -0.05) is 22.9 Å². The third-order valence-electron chi connectivity index (χ3n) is 1.62. The number of carbonyl (C=O) groups excluding carboxylic acids is 1. The SMILES string of the molecule is CCCOc1ccc(Br)cc1C(=O)Cl. The van der Waals surface area contributed by atoms with Crippen molar-refractivity contribution >= 4 is 32.8 Å². The molecule has 1 rings (SSSR count). The van der Waals surface area contributed by atoms with Gasteiger partial charge >= 0.3 is 0 Å². The highest BCUT2D eigenvalue weighted by Gasteiger charge is 2.10. The molecular weight excluding hydrogens is 267 g/mol. The molecule has 0 spiro atoms. The van der Waals surface area contributed by atoms with Crippen LogP contribution in [0.5, 0.6) is 5.75 Å². The zero-order valence-electron chi connectivity index (χ0n) is 7.72. The number of ether oxygens (including phenoxy) is 1. The maximum absolute atomic E-state index is 11.0. The molecule has 0 atom stereocenters. The van der Waals surface area contributed by atoms with Crippen LogP contribution in [-0.4, -0.2) is 11.8 Å². The minimum atomic E-state index is -0.502. The summed E-state index contributed by atoms with van der Waals surface area (Å²) in [5.41, 5.74) is 0.398. The molecule has 0 saturated heterocycles. The molecule has 0 saturated carbocycles. The van der Waals surface area contributed by atoms with Crippen LogP contribution in [0.25, 0.3) is 0 Å². The fourth-order valence-corrected chi connectivity index (χ4v) is 1.50. The predicted molar refractivity (Wildman–Crippen MR) is 60.1 cm³/mol. The van der Waals surface area contributed by atoms with E-state index in [0.717, 1.165) is 10.9 Å². The van der Waals surface area contributed by atoms with E-state index >= 15 is 0 Å². The lowest BCUT2D eigenvalue weighted by molar-refractivity contribution is 0.107. The van der Waals surface area contributed by atoms with Gasteiger partial charge in [0.25, 0.3) is 5.24 Å². The molecule has 14 heavy (non-hydrogen) atoms. The van der Waals surface area contributed by atoms with E-state index in [4.69, 9.17) is 16.3 Å². The van der Waals surface area contributed by atoms with Gasteiger partial charge in [-0.15, -0.1) is 0 Å². The van der Waals surface area contributed by atoms with Crippen LogP contribution in [0.1, 0.15) is 23.7 Å². The Labute approximate surface area is 96.3 Å². The lowest BCUT2D eigenvalue weighted by atomic mass is 10.2. The van der Waals surface area contributed by atoms with Crippen molar-refractivity contribution in [3.63, 3.8) is 0 Å². The summed E-state index contributed by atoms with van der Waals surface area (Å²) < 4.78 is 6.19. The van der Waals surface area contributed by atoms with Gasteiger partial charge in [-0.2, -0.15) is 0 Å². The number of hydrogen-bond acceptors (Lipinski definition) is 2. The van der Waals surface area contributed by atoms with E-state index in [0.29, 0.717) is 17.9 Å². The van der Waals surface area contributed by atoms with Crippen LogP contribution < -0.4 is 4.74 Å². The molecule has 0 heterocycles. The molecule has 0 aliphatic heterocycles. The molecule has 0 aliphatic rings. The first-order valence-corrected chi connectivity index (χ1v) is 5.44. The van der Waals surface area contributed by atoms with E-state index in [2.05, 4.69) is 15.9 Å². The average molecular weight is 278 g/mol. The van der Waals surface area contributed by atoms with Crippen molar-refractivity contribution in [2.24, 2.45) is 0 Å². The Morgan fingerprint density at radius 2 is 2.29 bits per heavy atom. The summed E-state index contributed by atoms with van der Waals surface area (Å²) in [5, 5.41) is -0.502. The maximum atomic E-state index is 11.0. The Hall–Kier alpha value is -0.540. The Bertz CT molecular complexity index is 339. The summed E-state index contributed by atoms with van der Waals surface area (Å²) >= 11 is 8.69. The van der Waals surface area contributed by atoms with Gasteiger partial charge in [0.15, 0.2) is 0 Å². The fourth-order valence-electron chi connectivity index (χ4n) is 0.994. The maximum Gasteiger partial charge on any atom is 0.256 e. The molecule has 1 aromatic carbocycles. The highest BCUT2D eigenvalue weighted by molar-refractivity contribution is 9.10. The number of rotatable bonds is 4. The normalized spacial score (nSPS) is 9.93. The average Bonchev–Trinajstić information content (AvgIpc) is 2.15. The molecule has 0 amide bonds. The highest BCUT2D eigenvalue weighted by atomic mass is 79.9. The molecule has 0 fully saturated rings. The molecule has 4 heteroatoms. The molecule has 0 N–H and O–H groups in total. The van der Waals surface area contributed by atoms with Crippen molar-refractivity contribution < 1.29 is 9.53 Å². The van der Waals surface area contributed by atoms with Crippen molar-refractivity contribution in [2.75, 3.05) is 6.61 Å². The van der Waals surface area contributed by atoms with Crippen LogP contribution in [0, 0.1) is 0 Å². The lowest BCUT2D eigenvalue weighted by Crippen LogP contribution is -2.00. The van der Waals surface area contributed by atoms with Crippen LogP contribution in [0.4, 0.5) is 0 Å². The number of hydrogen-bond donors (Lipinski definition) is 0. The van der Waals surface area contributed by atoms with Gasteiger partial charge in [0.2, 0.25) is 0 Å². The first-order chi connectivity index (χ1) is 6.65. The fraction of sp³-hybridized carbons (Fsp3) is 0.300. The summed E-state index contributed by atoms with van der Waals surface area (Å²) in [5.74, 6) is 0.537. The molecule has 0 aromatic heterocycles. The van der Waals surface area contributed by atoms with Gasteiger partial charge in [-0.05, 0) is 36.2 Å². The second kappa shape index (κ2) is 5.37. The molecule has 0 bridgehead atoms. The van der Waals surface area contributed by atoms with E-state index in [1.807, 2.05) is 13.0 Å². The molecule has 76 valence electrons. The van der Waals surface area contributed by atoms with E-state index in [1.165, 1.54) is 0 Å². The van der Waals surface area contributed by atoms with Crippen LogP contribution >= 0.6 is 27.5 Å². The van der Waals surface area contributed by atoms with Crippen molar-refractivity contribution in [1.82, 2.24) is 0 Å². The summed E-state index contributed by atoms with van der Waals surface area (Å²) in [6, 6.07) is 5.20. The van der Waals surface area contributed by atoms with Gasteiger partial charge in [0.1, 0.15) is 5.75 Å². The molecule has 0 radical (unpaired) electrons. The number of benzene rings is 1. The molecule has 1 aromatic rings. The van der Waals surface area contributed by atoms with E-state index in [-0.39, 0.29) is 0 Å². The zero-order valence-corrected chi connectivity index (χ0v) is 10.1. The highest BCUT2D eigenvalue weighted by Crippen LogP contribution is 2.24. The Balaban J connectivity index is 2.96. The van der Waals surface area contributed by atoms with Crippen molar-refractivity contribution in [3.8, 4) is 5.75 Å². The summed E-state index contributed by atoms with van der Waals surface area (Å²) in [7, 11) is 0.